The van der Waals surface area contributed by atoms with Gasteiger partial charge >= 0.3 is 0 Å². The molecule has 1 saturated heterocycles. The predicted octanol–water partition coefficient (Wildman–Crippen LogP) is 1.92. The number of nitrogens with zero attached hydrogens (tertiary/aromatic N) is 4. The highest BCUT2D eigenvalue weighted by Crippen LogP contribution is 2.18. The summed E-state index contributed by atoms with van der Waals surface area (Å²) in [4.78, 5) is 16.3. The summed E-state index contributed by atoms with van der Waals surface area (Å²) >= 11 is 0. The second-order valence-electron chi connectivity index (χ2n) is 4.77. The fourth-order valence-electron chi connectivity index (χ4n) is 1.86. The van der Waals surface area contributed by atoms with Gasteiger partial charge in [-0.05, 0) is 23.6 Å². The lowest BCUT2D eigenvalue weighted by molar-refractivity contribution is -0.485. The number of aliphatic imine (C=N–C) groups is 1. The smallest absolute Gasteiger partial charge is 0.276 e. The Morgan fingerprint density at radius 2 is 2.10 bits per heavy atom. The standard InChI is InChI=1S/C13H17N5O2/c1-10(2)11-3-5-12(6-4-11)15-9-17-8-7-14-13(17)16-18(19)20/h3-6,9-10H,7-8H2,1-2H3,(H,14,16). The Morgan fingerprint density at radius 1 is 1.40 bits per heavy atom. The molecule has 0 unspecified atom stereocenters. The SMILES string of the molecule is CC(C)c1ccc(N=CN2CCN/C2=N/[N+](=O)[O-])cc1. The molecule has 1 aromatic rings. The zero-order chi connectivity index (χ0) is 14.5. The Bertz CT molecular complexity index is 536. The van der Waals surface area contributed by atoms with Crippen LogP contribution in [0.2, 0.25) is 0 Å². The van der Waals surface area contributed by atoms with Crippen molar-refractivity contribution in [1.29, 1.82) is 0 Å². The fraction of sp³-hybridized carbons (Fsp3) is 0.385. The predicted molar refractivity (Wildman–Crippen MR) is 77.8 cm³/mol. The molecule has 106 valence electrons. The Kier molecular flexibility index (Phi) is 4.29. The molecule has 1 heterocycles. The van der Waals surface area contributed by atoms with Gasteiger partial charge in [-0.2, -0.15) is 0 Å². The van der Waals surface area contributed by atoms with Crippen molar-refractivity contribution in [3.63, 3.8) is 0 Å². The van der Waals surface area contributed by atoms with Crippen LogP contribution in [-0.4, -0.2) is 35.3 Å². The van der Waals surface area contributed by atoms with Crippen LogP contribution in [0.3, 0.4) is 0 Å². The summed E-state index contributed by atoms with van der Waals surface area (Å²) in [5.74, 6) is 0.701. The van der Waals surface area contributed by atoms with Gasteiger partial charge in [-0.15, -0.1) is 0 Å². The first-order valence-corrected chi connectivity index (χ1v) is 6.44. The minimum atomic E-state index is -0.716. The number of nitrogens with one attached hydrogen (secondary N) is 1. The highest BCUT2D eigenvalue weighted by Gasteiger charge is 2.19. The lowest BCUT2D eigenvalue weighted by Gasteiger charge is -2.08. The van der Waals surface area contributed by atoms with Crippen molar-refractivity contribution >= 4 is 18.0 Å². The van der Waals surface area contributed by atoms with Crippen LogP contribution in [0.25, 0.3) is 0 Å². The summed E-state index contributed by atoms with van der Waals surface area (Å²) in [5, 5.41) is 15.8. The van der Waals surface area contributed by atoms with Crippen molar-refractivity contribution in [3.05, 3.63) is 39.9 Å². The van der Waals surface area contributed by atoms with E-state index in [0.717, 1.165) is 5.69 Å². The van der Waals surface area contributed by atoms with E-state index in [1.54, 1.807) is 11.2 Å². The van der Waals surface area contributed by atoms with Crippen LogP contribution in [0, 0.1) is 10.1 Å². The van der Waals surface area contributed by atoms with E-state index in [1.807, 2.05) is 24.3 Å². The van der Waals surface area contributed by atoms with Crippen LogP contribution in [0.1, 0.15) is 25.3 Å². The van der Waals surface area contributed by atoms with Gasteiger partial charge in [-0.1, -0.05) is 26.0 Å². The third-order valence-electron chi connectivity index (χ3n) is 2.99. The highest BCUT2D eigenvalue weighted by atomic mass is 16.7. The second kappa shape index (κ2) is 6.14. The summed E-state index contributed by atoms with van der Waals surface area (Å²) in [6.07, 6.45) is 1.56. The molecule has 1 aliphatic heterocycles. The van der Waals surface area contributed by atoms with Crippen molar-refractivity contribution in [1.82, 2.24) is 10.2 Å². The molecule has 7 heteroatoms. The van der Waals surface area contributed by atoms with E-state index in [1.165, 1.54) is 5.56 Å². The molecule has 7 nitrogen and oxygen atoms in total. The van der Waals surface area contributed by atoms with E-state index in [9.17, 15) is 10.1 Å². The van der Waals surface area contributed by atoms with E-state index in [0.29, 0.717) is 19.0 Å². The zero-order valence-corrected chi connectivity index (χ0v) is 11.5. The molecule has 2 rings (SSSR count). The minimum Gasteiger partial charge on any atom is -0.349 e. The van der Waals surface area contributed by atoms with Gasteiger partial charge in [0, 0.05) is 13.1 Å². The van der Waals surface area contributed by atoms with Crippen molar-refractivity contribution in [2.24, 2.45) is 10.1 Å². The first kappa shape index (κ1) is 14.0. The molecular weight excluding hydrogens is 258 g/mol. The maximum absolute atomic E-state index is 10.4. The number of rotatable bonds is 4. The summed E-state index contributed by atoms with van der Waals surface area (Å²) in [6, 6.07) is 7.93. The van der Waals surface area contributed by atoms with Crippen LogP contribution in [0.4, 0.5) is 5.69 Å². The molecule has 20 heavy (non-hydrogen) atoms. The maximum Gasteiger partial charge on any atom is 0.276 e. The van der Waals surface area contributed by atoms with Crippen LogP contribution in [0.15, 0.2) is 34.4 Å². The molecule has 0 aromatic heterocycles. The molecule has 1 fully saturated rings. The lowest BCUT2D eigenvalue weighted by atomic mass is 10.0. The Balaban J connectivity index is 2.07. The first-order chi connectivity index (χ1) is 9.56. The van der Waals surface area contributed by atoms with E-state index in [-0.39, 0.29) is 5.96 Å². The maximum atomic E-state index is 10.4. The van der Waals surface area contributed by atoms with Crippen molar-refractivity contribution in [3.8, 4) is 0 Å². The molecule has 0 atom stereocenters. The zero-order valence-electron chi connectivity index (χ0n) is 11.5. The Labute approximate surface area is 117 Å². The topological polar surface area (TPSA) is 83.1 Å². The van der Waals surface area contributed by atoms with E-state index >= 15 is 0 Å². The Hall–Kier alpha value is -2.44. The van der Waals surface area contributed by atoms with Gasteiger partial charge in [0.15, 0.2) is 5.03 Å². The van der Waals surface area contributed by atoms with E-state index < -0.39 is 5.03 Å². The average molecular weight is 275 g/mol. The third-order valence-corrected chi connectivity index (χ3v) is 2.99. The third kappa shape index (κ3) is 3.53. The second-order valence-corrected chi connectivity index (χ2v) is 4.77. The van der Waals surface area contributed by atoms with E-state index in [2.05, 4.69) is 29.3 Å². The van der Waals surface area contributed by atoms with Crippen LogP contribution >= 0.6 is 0 Å². The van der Waals surface area contributed by atoms with Crippen molar-refractivity contribution < 1.29 is 5.03 Å². The van der Waals surface area contributed by atoms with Gasteiger partial charge < -0.3 is 5.32 Å². The minimum absolute atomic E-state index is 0.220. The normalized spacial score (nSPS) is 17.1. The van der Waals surface area contributed by atoms with Crippen LogP contribution in [-0.2, 0) is 0 Å². The number of hydrogen-bond donors (Lipinski definition) is 1. The van der Waals surface area contributed by atoms with Gasteiger partial charge in [0.1, 0.15) is 5.10 Å². The molecule has 0 radical (unpaired) electrons. The van der Waals surface area contributed by atoms with Gasteiger partial charge in [0.25, 0.3) is 5.96 Å². The van der Waals surface area contributed by atoms with Crippen LogP contribution in [0.5, 0.6) is 0 Å². The highest BCUT2D eigenvalue weighted by molar-refractivity contribution is 5.92. The summed E-state index contributed by atoms with van der Waals surface area (Å²) in [5.41, 5.74) is 2.06. The number of benzene rings is 1. The van der Waals surface area contributed by atoms with Crippen molar-refractivity contribution in [2.45, 2.75) is 19.8 Å². The van der Waals surface area contributed by atoms with E-state index in [4.69, 9.17) is 0 Å². The largest absolute Gasteiger partial charge is 0.349 e. The average Bonchev–Trinajstić information content (AvgIpc) is 2.83. The molecule has 0 saturated carbocycles. The van der Waals surface area contributed by atoms with Crippen molar-refractivity contribution in [2.75, 3.05) is 13.1 Å². The van der Waals surface area contributed by atoms with Gasteiger partial charge in [-0.25, -0.2) is 15.1 Å². The van der Waals surface area contributed by atoms with Gasteiger partial charge in [0.2, 0.25) is 0 Å². The molecule has 0 aliphatic carbocycles. The molecule has 1 N–H and O–H groups in total. The number of hydrazone groups is 1. The fourth-order valence-corrected chi connectivity index (χ4v) is 1.86. The van der Waals surface area contributed by atoms with Crippen LogP contribution < -0.4 is 5.32 Å². The molecule has 0 bridgehead atoms. The molecular formula is C13H17N5O2. The molecule has 0 amide bonds. The molecule has 1 aromatic carbocycles. The quantitative estimate of drug-likeness (QED) is 0.394. The summed E-state index contributed by atoms with van der Waals surface area (Å²) < 4.78 is 0. The Morgan fingerprint density at radius 3 is 2.70 bits per heavy atom. The number of hydrogen-bond acceptors (Lipinski definition) is 3. The van der Waals surface area contributed by atoms with Gasteiger partial charge in [0.05, 0.1) is 12.0 Å². The number of nitro groups is 1. The van der Waals surface area contributed by atoms with Gasteiger partial charge in [-0.3, -0.25) is 4.90 Å². The first-order valence-electron chi connectivity index (χ1n) is 6.44. The summed E-state index contributed by atoms with van der Waals surface area (Å²) in [7, 11) is 0. The summed E-state index contributed by atoms with van der Waals surface area (Å²) in [6.45, 7) is 5.49. The lowest BCUT2D eigenvalue weighted by Crippen LogP contribution is -2.29. The molecule has 1 aliphatic rings. The molecule has 0 spiro atoms. The number of guanidine groups is 1. The monoisotopic (exact) mass is 275 g/mol.